The summed E-state index contributed by atoms with van der Waals surface area (Å²) in [4.78, 5) is 17.2. The summed E-state index contributed by atoms with van der Waals surface area (Å²) in [6, 6.07) is 7.53. The van der Waals surface area contributed by atoms with Crippen molar-refractivity contribution in [1.29, 1.82) is 0 Å². The van der Waals surface area contributed by atoms with Crippen LogP contribution in [0.5, 0.6) is 0 Å². The molecule has 2 heterocycles. The number of carbonyl (C=O) groups is 1. The fourth-order valence-corrected chi connectivity index (χ4v) is 2.64. The molecule has 0 saturated heterocycles. The highest BCUT2D eigenvalue weighted by Crippen LogP contribution is 2.20. The number of rotatable bonds is 4. The Hall–Kier alpha value is -1.46. The van der Waals surface area contributed by atoms with Crippen LogP contribution in [0.4, 0.5) is 0 Å². The minimum Gasteiger partial charge on any atom is -0.462 e. The molecule has 0 saturated carbocycles. The van der Waals surface area contributed by atoms with Crippen LogP contribution in [0.3, 0.4) is 0 Å². The quantitative estimate of drug-likeness (QED) is 0.618. The molecule has 0 radical (unpaired) electrons. The molecule has 0 aliphatic carbocycles. The number of carbonyl (C=O) groups excluding carboxylic acids is 1. The SMILES string of the molecule is CCOC(=O)c1ccc(/C=C/c2ccnc(Br)c2)s1. The molecule has 0 N–H and O–H groups in total. The van der Waals surface area contributed by atoms with Crippen LogP contribution in [-0.4, -0.2) is 17.6 Å². The summed E-state index contributed by atoms with van der Waals surface area (Å²) >= 11 is 4.74. The number of esters is 1. The van der Waals surface area contributed by atoms with Crippen molar-refractivity contribution < 1.29 is 9.53 Å². The van der Waals surface area contributed by atoms with Crippen LogP contribution < -0.4 is 0 Å². The molecular weight excluding hydrogens is 326 g/mol. The third-order valence-corrected chi connectivity index (χ3v) is 3.76. The van der Waals surface area contributed by atoms with Gasteiger partial charge in [-0.15, -0.1) is 11.3 Å². The molecular formula is C14H12BrNO2S. The summed E-state index contributed by atoms with van der Waals surface area (Å²) in [5, 5.41) is 0. The Morgan fingerprint density at radius 1 is 1.42 bits per heavy atom. The number of ether oxygens (including phenoxy) is 1. The van der Waals surface area contributed by atoms with Gasteiger partial charge in [-0.05, 0) is 58.8 Å². The van der Waals surface area contributed by atoms with Gasteiger partial charge in [0.15, 0.2) is 0 Å². The summed E-state index contributed by atoms with van der Waals surface area (Å²) in [6.45, 7) is 2.20. The highest BCUT2D eigenvalue weighted by molar-refractivity contribution is 9.10. The first-order valence-corrected chi connectivity index (χ1v) is 7.36. The van der Waals surface area contributed by atoms with E-state index in [1.807, 2.05) is 30.4 Å². The fraction of sp³-hybridized carbons (Fsp3) is 0.143. The van der Waals surface area contributed by atoms with Gasteiger partial charge < -0.3 is 4.74 Å². The number of hydrogen-bond donors (Lipinski definition) is 0. The molecule has 0 unspecified atom stereocenters. The van der Waals surface area contributed by atoms with Crippen LogP contribution in [0, 0.1) is 0 Å². The molecule has 2 aromatic heterocycles. The van der Waals surface area contributed by atoms with Crippen LogP contribution >= 0.6 is 27.3 Å². The van der Waals surface area contributed by atoms with E-state index in [0.29, 0.717) is 11.5 Å². The molecule has 0 amide bonds. The second kappa shape index (κ2) is 6.63. The van der Waals surface area contributed by atoms with Crippen molar-refractivity contribution in [2.24, 2.45) is 0 Å². The second-order valence-corrected chi connectivity index (χ2v) is 5.60. The molecule has 0 spiro atoms. The lowest BCUT2D eigenvalue weighted by atomic mass is 10.2. The average molecular weight is 338 g/mol. The smallest absolute Gasteiger partial charge is 0.348 e. The summed E-state index contributed by atoms with van der Waals surface area (Å²) in [7, 11) is 0. The van der Waals surface area contributed by atoms with E-state index in [1.54, 1.807) is 19.2 Å². The van der Waals surface area contributed by atoms with Gasteiger partial charge in [0, 0.05) is 11.1 Å². The van der Waals surface area contributed by atoms with Gasteiger partial charge in [0.1, 0.15) is 9.48 Å². The van der Waals surface area contributed by atoms with Gasteiger partial charge >= 0.3 is 5.97 Å². The van der Waals surface area contributed by atoms with Gasteiger partial charge in [0.25, 0.3) is 0 Å². The highest BCUT2D eigenvalue weighted by atomic mass is 79.9. The third kappa shape index (κ3) is 4.01. The van der Waals surface area contributed by atoms with Crippen LogP contribution in [-0.2, 0) is 4.74 Å². The molecule has 0 aliphatic rings. The monoisotopic (exact) mass is 337 g/mol. The van der Waals surface area contributed by atoms with Crippen LogP contribution in [0.25, 0.3) is 12.2 Å². The Labute approximate surface area is 124 Å². The number of hydrogen-bond acceptors (Lipinski definition) is 4. The minimum atomic E-state index is -0.265. The first-order chi connectivity index (χ1) is 9.19. The molecule has 0 bridgehead atoms. The van der Waals surface area contributed by atoms with E-state index in [2.05, 4.69) is 20.9 Å². The average Bonchev–Trinajstić information content (AvgIpc) is 2.86. The van der Waals surface area contributed by atoms with Gasteiger partial charge in [-0.25, -0.2) is 9.78 Å². The van der Waals surface area contributed by atoms with Crippen LogP contribution in [0.1, 0.15) is 27.0 Å². The van der Waals surface area contributed by atoms with Crippen molar-refractivity contribution >= 4 is 45.4 Å². The van der Waals surface area contributed by atoms with E-state index in [0.717, 1.165) is 15.0 Å². The van der Waals surface area contributed by atoms with Crippen molar-refractivity contribution in [3.05, 3.63) is 50.4 Å². The van der Waals surface area contributed by atoms with Crippen molar-refractivity contribution in [3.63, 3.8) is 0 Å². The number of aromatic nitrogens is 1. The lowest BCUT2D eigenvalue weighted by Crippen LogP contribution is -2.01. The van der Waals surface area contributed by atoms with E-state index in [9.17, 15) is 4.79 Å². The Morgan fingerprint density at radius 3 is 3.00 bits per heavy atom. The Morgan fingerprint density at radius 2 is 2.26 bits per heavy atom. The topological polar surface area (TPSA) is 39.2 Å². The van der Waals surface area contributed by atoms with Gasteiger partial charge in [-0.3, -0.25) is 0 Å². The first kappa shape index (κ1) is 14.0. The predicted octanol–water partition coefficient (Wildman–Crippen LogP) is 4.25. The molecule has 0 fully saturated rings. The third-order valence-electron chi connectivity index (χ3n) is 2.29. The van der Waals surface area contributed by atoms with Gasteiger partial charge in [0.2, 0.25) is 0 Å². The highest BCUT2D eigenvalue weighted by Gasteiger charge is 2.08. The number of pyridine rings is 1. The summed E-state index contributed by atoms with van der Waals surface area (Å²) < 4.78 is 5.75. The molecule has 0 atom stereocenters. The summed E-state index contributed by atoms with van der Waals surface area (Å²) in [5.74, 6) is -0.265. The van der Waals surface area contributed by atoms with Crippen LogP contribution in [0.2, 0.25) is 0 Å². The summed E-state index contributed by atoms with van der Waals surface area (Å²) in [6.07, 6.45) is 5.69. The van der Waals surface area contributed by atoms with Crippen molar-refractivity contribution in [1.82, 2.24) is 4.98 Å². The standard InChI is InChI=1S/C14H12BrNO2S/c1-2-18-14(17)12-6-5-11(19-12)4-3-10-7-8-16-13(15)9-10/h3-9H,2H2,1H3/b4-3+. The van der Waals surface area contributed by atoms with Gasteiger partial charge in [-0.1, -0.05) is 6.08 Å². The molecule has 0 aromatic carbocycles. The zero-order valence-corrected chi connectivity index (χ0v) is 12.7. The first-order valence-electron chi connectivity index (χ1n) is 5.75. The number of halogens is 1. The molecule has 0 aliphatic heterocycles. The second-order valence-electron chi connectivity index (χ2n) is 3.67. The molecule has 19 heavy (non-hydrogen) atoms. The molecule has 3 nitrogen and oxygen atoms in total. The minimum absolute atomic E-state index is 0.265. The maximum absolute atomic E-state index is 11.5. The number of thiophene rings is 1. The van der Waals surface area contributed by atoms with Gasteiger partial charge in [0.05, 0.1) is 6.61 Å². The van der Waals surface area contributed by atoms with Crippen LogP contribution in [0.15, 0.2) is 35.1 Å². The lowest BCUT2D eigenvalue weighted by molar-refractivity contribution is 0.0532. The fourth-order valence-electron chi connectivity index (χ4n) is 1.45. The van der Waals surface area contributed by atoms with E-state index < -0.39 is 0 Å². The predicted molar refractivity (Wildman–Crippen MR) is 81.1 cm³/mol. The van der Waals surface area contributed by atoms with E-state index in [-0.39, 0.29) is 5.97 Å². The maximum Gasteiger partial charge on any atom is 0.348 e. The molecule has 5 heteroatoms. The zero-order chi connectivity index (χ0) is 13.7. The van der Waals surface area contributed by atoms with Crippen molar-refractivity contribution in [2.75, 3.05) is 6.61 Å². The maximum atomic E-state index is 11.5. The molecule has 98 valence electrons. The van der Waals surface area contributed by atoms with E-state index in [1.165, 1.54) is 11.3 Å². The summed E-state index contributed by atoms with van der Waals surface area (Å²) in [5.41, 5.74) is 1.05. The normalized spacial score (nSPS) is 10.8. The number of nitrogens with zero attached hydrogens (tertiary/aromatic N) is 1. The van der Waals surface area contributed by atoms with Gasteiger partial charge in [-0.2, -0.15) is 0 Å². The Bertz CT molecular complexity index is 607. The molecule has 2 rings (SSSR count). The molecule has 2 aromatic rings. The van der Waals surface area contributed by atoms with Crippen molar-refractivity contribution in [3.8, 4) is 0 Å². The van der Waals surface area contributed by atoms with E-state index >= 15 is 0 Å². The lowest BCUT2D eigenvalue weighted by Gasteiger charge is -1.96. The van der Waals surface area contributed by atoms with E-state index in [4.69, 9.17) is 4.74 Å². The van der Waals surface area contributed by atoms with Crippen molar-refractivity contribution in [2.45, 2.75) is 6.92 Å². The largest absolute Gasteiger partial charge is 0.462 e. The zero-order valence-electron chi connectivity index (χ0n) is 10.3. The Balaban J connectivity index is 2.09. The Kier molecular flexibility index (Phi) is 4.87.